The van der Waals surface area contributed by atoms with Crippen LogP contribution < -0.4 is 0 Å². The molecule has 0 spiro atoms. The van der Waals surface area contributed by atoms with Crippen molar-refractivity contribution in [3.8, 4) is 0 Å². The van der Waals surface area contributed by atoms with Crippen molar-refractivity contribution in [2.75, 3.05) is 13.2 Å². The van der Waals surface area contributed by atoms with E-state index in [0.29, 0.717) is 13.2 Å². The first kappa shape index (κ1) is 24.9. The second-order valence-corrected chi connectivity index (χ2v) is 17.2. The van der Waals surface area contributed by atoms with Gasteiger partial charge in [0.25, 0.3) is 6.69 Å². The van der Waals surface area contributed by atoms with Crippen molar-refractivity contribution in [3.05, 3.63) is 96.3 Å². The zero-order valence-corrected chi connectivity index (χ0v) is 20.3. The summed E-state index contributed by atoms with van der Waals surface area (Å²) in [5.74, 6) is 0. The fourth-order valence-corrected chi connectivity index (χ4v) is 3.53. The second-order valence-electron chi connectivity index (χ2n) is 6.55. The van der Waals surface area contributed by atoms with Gasteiger partial charge in [-0.1, -0.05) is 66.4 Å². The van der Waals surface area contributed by atoms with Gasteiger partial charge in [-0.25, -0.2) is 0 Å². The van der Waals surface area contributed by atoms with Crippen molar-refractivity contribution in [1.82, 2.24) is 0 Å². The van der Waals surface area contributed by atoms with E-state index in [4.69, 9.17) is 31.0 Å². The van der Waals surface area contributed by atoms with Crippen molar-refractivity contribution in [3.63, 3.8) is 0 Å². The van der Waals surface area contributed by atoms with Crippen molar-refractivity contribution in [1.29, 1.82) is 0 Å². The van der Waals surface area contributed by atoms with Crippen molar-refractivity contribution >= 4 is 37.4 Å². The molecule has 0 amide bonds. The molecule has 0 bridgehead atoms. The lowest BCUT2D eigenvalue weighted by molar-refractivity contribution is 0.187. The Morgan fingerprint density at radius 1 is 0.750 bits per heavy atom. The molecular formula is C22H30Cl2O2Si2. The highest BCUT2D eigenvalue weighted by Gasteiger charge is 2.27. The monoisotopic (exact) mass is 452 g/mol. The van der Waals surface area contributed by atoms with Gasteiger partial charge in [0.1, 0.15) is 0 Å². The number of benzene rings is 2. The maximum Gasteiger partial charge on any atom is 0.361 e. The topological polar surface area (TPSA) is 18.5 Å². The zero-order chi connectivity index (χ0) is 20.9. The van der Waals surface area contributed by atoms with Gasteiger partial charge in [0.15, 0.2) is 0 Å². The number of rotatable bonds is 10. The summed E-state index contributed by atoms with van der Waals surface area (Å²) in [6.45, 7) is 10.6. The van der Waals surface area contributed by atoms with Gasteiger partial charge in [0.05, 0.1) is 0 Å². The SMILES string of the molecule is C=C[Si](C)(Cl)Cl.C=C[Si](C)(OCCc1ccccc1)OCCc1ccccc1. The average molecular weight is 454 g/mol. The summed E-state index contributed by atoms with van der Waals surface area (Å²) in [5, 5.41) is 0. The summed E-state index contributed by atoms with van der Waals surface area (Å²) in [6, 6.07) is 20.7. The molecule has 2 rings (SSSR count). The highest BCUT2D eigenvalue weighted by atomic mass is 35.7. The third-order valence-corrected chi connectivity index (χ3v) is 7.91. The van der Waals surface area contributed by atoms with E-state index in [-0.39, 0.29) is 0 Å². The fraction of sp³-hybridized carbons (Fsp3) is 0.273. The van der Waals surface area contributed by atoms with Crippen LogP contribution in [-0.2, 0) is 21.7 Å². The molecule has 2 aromatic carbocycles. The Labute approximate surface area is 181 Å². The molecule has 0 aliphatic heterocycles. The first-order valence-corrected chi connectivity index (χ1v) is 16.3. The Morgan fingerprint density at radius 2 is 1.11 bits per heavy atom. The lowest BCUT2D eigenvalue weighted by Crippen LogP contribution is -2.38. The van der Waals surface area contributed by atoms with Crippen LogP contribution >= 0.6 is 22.2 Å². The van der Waals surface area contributed by atoms with Crippen molar-refractivity contribution in [2.45, 2.75) is 25.9 Å². The van der Waals surface area contributed by atoms with Gasteiger partial charge in [-0.05, 0) is 42.8 Å². The third kappa shape index (κ3) is 11.6. The van der Waals surface area contributed by atoms with Crippen molar-refractivity contribution < 1.29 is 8.85 Å². The van der Waals surface area contributed by atoms with Crippen LogP contribution in [0.3, 0.4) is 0 Å². The Hall–Kier alpha value is -1.15. The summed E-state index contributed by atoms with van der Waals surface area (Å²) in [7, 11) is -2.27. The van der Waals surface area contributed by atoms with Crippen LogP contribution in [0, 0.1) is 0 Å². The minimum absolute atomic E-state index is 0.671. The predicted octanol–water partition coefficient (Wildman–Crippen LogP) is 6.56. The van der Waals surface area contributed by atoms with Gasteiger partial charge in [0.2, 0.25) is 0 Å². The van der Waals surface area contributed by atoms with E-state index in [1.165, 1.54) is 11.1 Å². The first-order chi connectivity index (χ1) is 13.3. The minimum Gasteiger partial charge on any atom is -0.391 e. The molecule has 0 unspecified atom stereocenters. The van der Waals surface area contributed by atoms with E-state index in [9.17, 15) is 0 Å². The molecule has 6 heteroatoms. The lowest BCUT2D eigenvalue weighted by atomic mass is 10.2. The maximum absolute atomic E-state index is 6.02. The van der Waals surface area contributed by atoms with E-state index in [1.807, 2.05) is 17.8 Å². The number of hydrogen-bond acceptors (Lipinski definition) is 2. The molecule has 2 aromatic rings. The van der Waals surface area contributed by atoms with E-state index in [0.717, 1.165) is 12.8 Å². The molecule has 2 nitrogen and oxygen atoms in total. The zero-order valence-electron chi connectivity index (χ0n) is 16.7. The van der Waals surface area contributed by atoms with Gasteiger partial charge < -0.3 is 8.85 Å². The molecule has 0 saturated heterocycles. The van der Waals surface area contributed by atoms with Gasteiger partial charge in [0, 0.05) is 13.2 Å². The average Bonchev–Trinajstić information content (AvgIpc) is 2.69. The van der Waals surface area contributed by atoms with Crippen LogP contribution in [0.15, 0.2) is 85.2 Å². The first-order valence-electron chi connectivity index (χ1n) is 9.29. The summed E-state index contributed by atoms with van der Waals surface area (Å²) in [4.78, 5) is 0. The second kappa shape index (κ2) is 13.1. The van der Waals surface area contributed by atoms with Crippen LogP contribution in [0.25, 0.3) is 0 Å². The molecule has 0 aliphatic carbocycles. The highest BCUT2D eigenvalue weighted by Crippen LogP contribution is 2.13. The third-order valence-electron chi connectivity index (χ3n) is 3.97. The minimum atomic E-state index is -2.27. The molecule has 28 heavy (non-hydrogen) atoms. The molecular weight excluding hydrogens is 423 g/mol. The van der Waals surface area contributed by atoms with E-state index < -0.39 is 15.3 Å². The summed E-state index contributed by atoms with van der Waals surface area (Å²) in [5.41, 5.74) is 6.04. The van der Waals surface area contributed by atoms with Gasteiger partial charge in [-0.2, -0.15) is 0 Å². The molecule has 152 valence electrons. The molecule has 0 aliphatic rings. The molecule has 0 aromatic heterocycles. The van der Waals surface area contributed by atoms with E-state index in [2.05, 4.69) is 68.2 Å². The number of halogens is 2. The lowest BCUT2D eigenvalue weighted by Gasteiger charge is -2.23. The largest absolute Gasteiger partial charge is 0.391 e. The Balaban J connectivity index is 0.000000568. The van der Waals surface area contributed by atoms with Gasteiger partial charge in [-0.15, -0.1) is 35.3 Å². The Morgan fingerprint density at radius 3 is 1.39 bits per heavy atom. The van der Waals surface area contributed by atoms with E-state index >= 15 is 0 Å². The Kier molecular flexibility index (Phi) is 11.7. The summed E-state index contributed by atoms with van der Waals surface area (Å²) < 4.78 is 12.0. The molecule has 0 saturated carbocycles. The normalized spacial score (nSPS) is 11.3. The molecule has 0 atom stereocenters. The maximum atomic E-state index is 6.02. The van der Waals surface area contributed by atoms with Crippen LogP contribution in [-0.4, -0.2) is 28.5 Å². The molecule has 0 radical (unpaired) electrons. The van der Waals surface area contributed by atoms with Gasteiger partial charge >= 0.3 is 8.56 Å². The van der Waals surface area contributed by atoms with Crippen LogP contribution in [0.5, 0.6) is 0 Å². The fourth-order valence-electron chi connectivity index (χ4n) is 2.19. The standard InChI is InChI=1S/C19H24O2Si.C3H6Cl2Si/c1-3-22(2,20-16-14-18-10-6-4-7-11-18)21-17-15-19-12-8-5-9-13-19;1-3-6(2,4)5/h3-13H,1,14-17H2,2H3;3H,1H2,2H3. The summed E-state index contributed by atoms with van der Waals surface area (Å²) in [6.07, 6.45) is 1.80. The molecule has 0 N–H and O–H groups in total. The quantitative estimate of drug-likeness (QED) is 0.299. The van der Waals surface area contributed by atoms with Crippen LogP contribution in [0.4, 0.5) is 0 Å². The highest BCUT2D eigenvalue weighted by molar-refractivity contribution is 7.47. The summed E-state index contributed by atoms with van der Waals surface area (Å²) >= 11 is 11.0. The van der Waals surface area contributed by atoms with Gasteiger partial charge in [-0.3, -0.25) is 0 Å². The molecule has 0 heterocycles. The van der Waals surface area contributed by atoms with Crippen molar-refractivity contribution in [2.24, 2.45) is 0 Å². The predicted molar refractivity (Wildman–Crippen MR) is 128 cm³/mol. The molecule has 0 fully saturated rings. The smallest absolute Gasteiger partial charge is 0.361 e. The Bertz CT molecular complexity index is 643. The number of hydrogen-bond donors (Lipinski definition) is 0. The van der Waals surface area contributed by atoms with E-state index in [1.54, 1.807) is 12.2 Å². The van der Waals surface area contributed by atoms with Crippen LogP contribution in [0.2, 0.25) is 13.1 Å². The van der Waals surface area contributed by atoms with Crippen LogP contribution in [0.1, 0.15) is 11.1 Å².